The molecule has 106 valence electrons. The molecular formula is C14H18BrClFNO. The number of benzene rings is 1. The molecule has 0 saturated carbocycles. The molecular weight excluding hydrogens is 333 g/mol. The molecule has 19 heavy (non-hydrogen) atoms. The molecule has 1 N–H and O–H groups in total. The summed E-state index contributed by atoms with van der Waals surface area (Å²) in [6, 6.07) is 4.42. The standard InChI is InChI=1S/C14H18BrClFNO/c1-14(2,7-4-8-16)9-18-13(19)10-5-3-6-11(17)12(10)15/h3,5-6H,4,7-9H2,1-2H3,(H,18,19). The van der Waals surface area contributed by atoms with E-state index in [-0.39, 0.29) is 15.8 Å². The van der Waals surface area contributed by atoms with Gasteiger partial charge >= 0.3 is 0 Å². The fourth-order valence-electron chi connectivity index (χ4n) is 1.73. The fourth-order valence-corrected chi connectivity index (χ4v) is 2.31. The van der Waals surface area contributed by atoms with E-state index < -0.39 is 5.82 Å². The number of alkyl halides is 1. The van der Waals surface area contributed by atoms with Crippen LogP contribution in [0.3, 0.4) is 0 Å². The third-order valence-electron chi connectivity index (χ3n) is 2.91. The van der Waals surface area contributed by atoms with Crippen LogP contribution in [-0.4, -0.2) is 18.3 Å². The van der Waals surface area contributed by atoms with Gasteiger partial charge < -0.3 is 5.32 Å². The predicted molar refractivity (Wildman–Crippen MR) is 80.2 cm³/mol. The molecule has 0 unspecified atom stereocenters. The first kappa shape index (κ1) is 16.4. The highest BCUT2D eigenvalue weighted by molar-refractivity contribution is 9.10. The minimum Gasteiger partial charge on any atom is -0.351 e. The number of halogens is 3. The average Bonchev–Trinajstić information content (AvgIpc) is 2.37. The van der Waals surface area contributed by atoms with E-state index in [1.165, 1.54) is 12.1 Å². The Labute approximate surface area is 126 Å². The number of carbonyl (C=O) groups is 1. The molecule has 0 aliphatic carbocycles. The van der Waals surface area contributed by atoms with Gasteiger partial charge in [-0.2, -0.15) is 0 Å². The van der Waals surface area contributed by atoms with Gasteiger partial charge in [0.2, 0.25) is 0 Å². The molecule has 1 aromatic carbocycles. The van der Waals surface area contributed by atoms with Crippen LogP contribution >= 0.6 is 27.5 Å². The number of nitrogens with one attached hydrogen (secondary N) is 1. The van der Waals surface area contributed by atoms with Crippen molar-refractivity contribution in [2.45, 2.75) is 26.7 Å². The van der Waals surface area contributed by atoms with Crippen molar-refractivity contribution in [1.82, 2.24) is 5.32 Å². The number of rotatable bonds is 6. The van der Waals surface area contributed by atoms with Crippen molar-refractivity contribution in [1.29, 1.82) is 0 Å². The van der Waals surface area contributed by atoms with Gasteiger partial charge in [-0.1, -0.05) is 19.9 Å². The lowest BCUT2D eigenvalue weighted by atomic mass is 9.88. The summed E-state index contributed by atoms with van der Waals surface area (Å²) in [5, 5.41) is 2.84. The molecule has 1 aromatic rings. The van der Waals surface area contributed by atoms with Crippen molar-refractivity contribution in [3.05, 3.63) is 34.1 Å². The molecule has 0 saturated heterocycles. The SMILES string of the molecule is CC(C)(CCCCl)CNC(=O)c1cccc(F)c1Br. The van der Waals surface area contributed by atoms with E-state index in [1.807, 2.05) is 0 Å². The maximum Gasteiger partial charge on any atom is 0.252 e. The second-order valence-corrected chi connectivity index (χ2v) is 6.41. The summed E-state index contributed by atoms with van der Waals surface area (Å²) in [6.07, 6.45) is 1.84. The van der Waals surface area contributed by atoms with Gasteiger partial charge in [-0.25, -0.2) is 4.39 Å². The molecule has 0 aliphatic rings. The van der Waals surface area contributed by atoms with Gasteiger partial charge in [-0.15, -0.1) is 11.6 Å². The van der Waals surface area contributed by atoms with Gasteiger partial charge in [-0.05, 0) is 46.3 Å². The summed E-state index contributed by atoms with van der Waals surface area (Å²) < 4.78 is 13.5. The van der Waals surface area contributed by atoms with Crippen LogP contribution in [0.4, 0.5) is 4.39 Å². The molecule has 1 amide bonds. The van der Waals surface area contributed by atoms with Crippen LogP contribution in [0.1, 0.15) is 37.0 Å². The van der Waals surface area contributed by atoms with Crippen LogP contribution in [-0.2, 0) is 0 Å². The molecule has 0 aliphatic heterocycles. The molecule has 1 rings (SSSR count). The van der Waals surface area contributed by atoms with E-state index in [0.717, 1.165) is 12.8 Å². The van der Waals surface area contributed by atoms with Crippen molar-refractivity contribution < 1.29 is 9.18 Å². The van der Waals surface area contributed by atoms with Gasteiger partial charge in [0.1, 0.15) is 5.82 Å². The zero-order valence-electron chi connectivity index (χ0n) is 11.1. The van der Waals surface area contributed by atoms with Gasteiger partial charge in [0.15, 0.2) is 0 Å². The highest BCUT2D eigenvalue weighted by Crippen LogP contribution is 2.23. The van der Waals surface area contributed by atoms with E-state index in [4.69, 9.17) is 11.6 Å². The average molecular weight is 351 g/mol. The van der Waals surface area contributed by atoms with Gasteiger partial charge in [0, 0.05) is 12.4 Å². The van der Waals surface area contributed by atoms with Crippen LogP contribution in [0.2, 0.25) is 0 Å². The van der Waals surface area contributed by atoms with Crippen molar-refractivity contribution >= 4 is 33.4 Å². The first-order chi connectivity index (χ1) is 8.87. The van der Waals surface area contributed by atoms with Crippen molar-refractivity contribution in [3.63, 3.8) is 0 Å². The minimum absolute atomic E-state index is 0.0235. The monoisotopic (exact) mass is 349 g/mol. The Hall–Kier alpha value is -0.610. The summed E-state index contributed by atoms with van der Waals surface area (Å²) in [4.78, 5) is 12.0. The number of hydrogen-bond acceptors (Lipinski definition) is 1. The molecule has 2 nitrogen and oxygen atoms in total. The number of carbonyl (C=O) groups excluding carboxylic acids is 1. The Morgan fingerprint density at radius 3 is 2.79 bits per heavy atom. The normalized spacial score (nSPS) is 11.4. The van der Waals surface area contributed by atoms with Crippen molar-refractivity contribution in [3.8, 4) is 0 Å². The summed E-state index contributed by atoms with van der Waals surface area (Å²) in [5.41, 5.74) is 0.290. The highest BCUT2D eigenvalue weighted by atomic mass is 79.9. The maximum atomic E-state index is 13.3. The lowest BCUT2D eigenvalue weighted by molar-refractivity contribution is 0.0933. The summed E-state index contributed by atoms with van der Waals surface area (Å²) in [5.74, 6) is -0.0910. The zero-order chi connectivity index (χ0) is 14.5. The molecule has 0 radical (unpaired) electrons. The topological polar surface area (TPSA) is 29.1 Å². The second kappa shape index (κ2) is 7.25. The predicted octanol–water partition coefficient (Wildman–Crippen LogP) is 4.36. The number of hydrogen-bond donors (Lipinski definition) is 1. The van der Waals surface area contributed by atoms with E-state index in [9.17, 15) is 9.18 Å². The Kier molecular flexibility index (Phi) is 6.27. The third kappa shape index (κ3) is 5.11. The van der Waals surface area contributed by atoms with Gasteiger partial charge in [-0.3, -0.25) is 4.79 Å². The van der Waals surface area contributed by atoms with Crippen LogP contribution in [0, 0.1) is 11.2 Å². The van der Waals surface area contributed by atoms with E-state index >= 15 is 0 Å². The van der Waals surface area contributed by atoms with Gasteiger partial charge in [0.25, 0.3) is 5.91 Å². The maximum absolute atomic E-state index is 13.3. The zero-order valence-corrected chi connectivity index (χ0v) is 13.4. The molecule has 0 bridgehead atoms. The van der Waals surface area contributed by atoms with Crippen molar-refractivity contribution in [2.24, 2.45) is 5.41 Å². The van der Waals surface area contributed by atoms with Crippen LogP contribution in [0.15, 0.2) is 22.7 Å². The van der Waals surface area contributed by atoms with Crippen LogP contribution in [0.25, 0.3) is 0 Å². The summed E-state index contributed by atoms with van der Waals surface area (Å²) in [7, 11) is 0. The Balaban J connectivity index is 2.63. The first-order valence-corrected chi connectivity index (χ1v) is 7.48. The largest absolute Gasteiger partial charge is 0.351 e. The lowest BCUT2D eigenvalue weighted by Crippen LogP contribution is -2.34. The quantitative estimate of drug-likeness (QED) is 0.759. The fraction of sp³-hybridized carbons (Fsp3) is 0.500. The highest BCUT2D eigenvalue weighted by Gasteiger charge is 2.20. The van der Waals surface area contributed by atoms with E-state index in [1.54, 1.807) is 6.07 Å². The van der Waals surface area contributed by atoms with E-state index in [2.05, 4.69) is 35.1 Å². The molecule has 0 spiro atoms. The van der Waals surface area contributed by atoms with Crippen LogP contribution in [0.5, 0.6) is 0 Å². The molecule has 0 aromatic heterocycles. The van der Waals surface area contributed by atoms with Gasteiger partial charge in [0.05, 0.1) is 10.0 Å². The Bertz CT molecular complexity index is 451. The molecule has 0 heterocycles. The van der Waals surface area contributed by atoms with E-state index in [0.29, 0.717) is 18.0 Å². The molecule has 5 heteroatoms. The third-order valence-corrected chi connectivity index (χ3v) is 3.98. The first-order valence-electron chi connectivity index (χ1n) is 6.15. The molecule has 0 atom stereocenters. The lowest BCUT2D eigenvalue weighted by Gasteiger charge is -2.24. The second-order valence-electron chi connectivity index (χ2n) is 5.24. The minimum atomic E-state index is -0.436. The summed E-state index contributed by atoms with van der Waals surface area (Å²) >= 11 is 8.76. The van der Waals surface area contributed by atoms with Crippen LogP contribution < -0.4 is 5.32 Å². The Morgan fingerprint density at radius 2 is 2.16 bits per heavy atom. The smallest absolute Gasteiger partial charge is 0.252 e. The summed E-state index contributed by atoms with van der Waals surface area (Å²) in [6.45, 7) is 4.67. The van der Waals surface area contributed by atoms with Crippen molar-refractivity contribution in [2.75, 3.05) is 12.4 Å². The Morgan fingerprint density at radius 1 is 1.47 bits per heavy atom. The number of amides is 1. The molecule has 0 fully saturated rings.